The zero-order chi connectivity index (χ0) is 15.4. The third kappa shape index (κ3) is 3.61. The summed E-state index contributed by atoms with van der Waals surface area (Å²) in [5.41, 5.74) is 1.25. The highest BCUT2D eigenvalue weighted by molar-refractivity contribution is 6.00. The highest BCUT2D eigenvalue weighted by Crippen LogP contribution is 2.24. The van der Waals surface area contributed by atoms with Crippen molar-refractivity contribution in [3.63, 3.8) is 0 Å². The van der Waals surface area contributed by atoms with Crippen molar-refractivity contribution in [2.45, 2.75) is 38.6 Å². The molecular formula is C16H21NO4. The monoisotopic (exact) mass is 291 g/mol. The minimum Gasteiger partial charge on any atom is -0.478 e. The lowest BCUT2D eigenvalue weighted by Crippen LogP contribution is -2.39. The molecule has 1 saturated heterocycles. The van der Waals surface area contributed by atoms with Crippen LogP contribution in [0.1, 0.15) is 58.9 Å². The fraction of sp³-hybridized carbons (Fsp3) is 0.500. The Labute approximate surface area is 124 Å². The molecule has 0 aromatic heterocycles. The molecule has 5 heteroatoms. The van der Waals surface area contributed by atoms with Crippen LogP contribution in [-0.2, 0) is 4.74 Å². The predicted octanol–water partition coefficient (Wildman–Crippen LogP) is 2.42. The van der Waals surface area contributed by atoms with Gasteiger partial charge < -0.3 is 15.2 Å². The lowest BCUT2D eigenvalue weighted by Gasteiger charge is -2.24. The normalized spacial score (nSPS) is 16.0. The SMILES string of the molecule is CC(C)c1c(C(=O)O)cccc1C(=O)NC1CCOCC1. The number of amides is 1. The van der Waals surface area contributed by atoms with E-state index in [9.17, 15) is 14.7 Å². The van der Waals surface area contributed by atoms with Gasteiger partial charge in [-0.3, -0.25) is 4.79 Å². The van der Waals surface area contributed by atoms with Gasteiger partial charge in [-0.15, -0.1) is 0 Å². The van der Waals surface area contributed by atoms with Gasteiger partial charge in [-0.25, -0.2) is 4.79 Å². The number of nitrogens with one attached hydrogen (secondary N) is 1. The molecule has 0 spiro atoms. The van der Waals surface area contributed by atoms with Crippen LogP contribution >= 0.6 is 0 Å². The van der Waals surface area contributed by atoms with E-state index in [-0.39, 0.29) is 23.4 Å². The zero-order valence-electron chi connectivity index (χ0n) is 12.4. The van der Waals surface area contributed by atoms with Crippen LogP contribution in [0.25, 0.3) is 0 Å². The van der Waals surface area contributed by atoms with Gasteiger partial charge in [-0.05, 0) is 36.5 Å². The zero-order valence-corrected chi connectivity index (χ0v) is 12.4. The quantitative estimate of drug-likeness (QED) is 0.893. The van der Waals surface area contributed by atoms with E-state index >= 15 is 0 Å². The summed E-state index contributed by atoms with van der Waals surface area (Å²) >= 11 is 0. The molecule has 2 rings (SSSR count). The number of carboxylic acid groups (broad SMARTS) is 1. The number of aromatic carboxylic acids is 1. The molecule has 0 bridgehead atoms. The van der Waals surface area contributed by atoms with Gasteiger partial charge in [0.2, 0.25) is 0 Å². The molecule has 1 aliphatic heterocycles. The molecule has 114 valence electrons. The topological polar surface area (TPSA) is 75.6 Å². The number of hydrogen-bond acceptors (Lipinski definition) is 3. The van der Waals surface area contributed by atoms with E-state index in [1.165, 1.54) is 0 Å². The number of carbonyl (C=O) groups is 2. The molecule has 0 aliphatic carbocycles. The Bertz CT molecular complexity index is 533. The van der Waals surface area contributed by atoms with Gasteiger partial charge in [0, 0.05) is 24.8 Å². The summed E-state index contributed by atoms with van der Waals surface area (Å²) in [5, 5.41) is 12.3. The van der Waals surface area contributed by atoms with Gasteiger partial charge in [0.15, 0.2) is 0 Å². The van der Waals surface area contributed by atoms with Crippen molar-refractivity contribution < 1.29 is 19.4 Å². The molecule has 1 aromatic rings. The Balaban J connectivity index is 2.27. The molecule has 1 aromatic carbocycles. The van der Waals surface area contributed by atoms with E-state index < -0.39 is 5.97 Å². The molecule has 1 aliphatic rings. The van der Waals surface area contributed by atoms with Crippen LogP contribution in [0.5, 0.6) is 0 Å². The van der Waals surface area contributed by atoms with Crippen LogP contribution in [0.4, 0.5) is 0 Å². The molecule has 1 fully saturated rings. The summed E-state index contributed by atoms with van der Waals surface area (Å²) in [6, 6.07) is 4.95. The molecule has 5 nitrogen and oxygen atoms in total. The van der Waals surface area contributed by atoms with Crippen LogP contribution in [0.2, 0.25) is 0 Å². The number of ether oxygens (including phenoxy) is 1. The van der Waals surface area contributed by atoms with E-state index in [1.54, 1.807) is 18.2 Å². The Morgan fingerprint density at radius 1 is 1.24 bits per heavy atom. The lowest BCUT2D eigenvalue weighted by molar-refractivity contribution is 0.0694. The number of carbonyl (C=O) groups excluding carboxylic acids is 1. The van der Waals surface area contributed by atoms with Gasteiger partial charge in [-0.1, -0.05) is 19.9 Å². The first-order chi connectivity index (χ1) is 10.0. The van der Waals surface area contributed by atoms with Crippen LogP contribution in [-0.4, -0.2) is 36.2 Å². The lowest BCUT2D eigenvalue weighted by atomic mass is 9.91. The van der Waals surface area contributed by atoms with Crippen molar-refractivity contribution in [2.24, 2.45) is 0 Å². The van der Waals surface area contributed by atoms with Crippen molar-refractivity contribution >= 4 is 11.9 Å². The summed E-state index contributed by atoms with van der Waals surface area (Å²) in [7, 11) is 0. The van der Waals surface area contributed by atoms with E-state index in [1.807, 2.05) is 13.8 Å². The molecule has 0 unspecified atom stereocenters. The Morgan fingerprint density at radius 2 is 1.86 bits per heavy atom. The summed E-state index contributed by atoms with van der Waals surface area (Å²) in [5.74, 6) is -1.24. The molecule has 0 radical (unpaired) electrons. The Kier molecular flexibility index (Phi) is 4.96. The summed E-state index contributed by atoms with van der Waals surface area (Å²) in [4.78, 5) is 23.8. The second kappa shape index (κ2) is 6.72. The predicted molar refractivity (Wildman–Crippen MR) is 78.8 cm³/mol. The maximum atomic E-state index is 12.5. The van der Waals surface area contributed by atoms with Crippen LogP contribution in [0.3, 0.4) is 0 Å². The van der Waals surface area contributed by atoms with Crippen LogP contribution in [0.15, 0.2) is 18.2 Å². The van der Waals surface area contributed by atoms with Gasteiger partial charge in [0.05, 0.1) is 5.56 Å². The minimum absolute atomic E-state index is 0.0345. The largest absolute Gasteiger partial charge is 0.478 e. The van der Waals surface area contributed by atoms with E-state index in [4.69, 9.17) is 4.74 Å². The van der Waals surface area contributed by atoms with Gasteiger partial charge >= 0.3 is 5.97 Å². The molecule has 0 atom stereocenters. The van der Waals surface area contributed by atoms with Gasteiger partial charge in [0.25, 0.3) is 5.91 Å². The van der Waals surface area contributed by atoms with Crippen LogP contribution < -0.4 is 5.32 Å². The first-order valence-electron chi connectivity index (χ1n) is 7.25. The highest BCUT2D eigenvalue weighted by atomic mass is 16.5. The van der Waals surface area contributed by atoms with Crippen molar-refractivity contribution in [3.05, 3.63) is 34.9 Å². The first-order valence-corrected chi connectivity index (χ1v) is 7.25. The molecule has 2 N–H and O–H groups in total. The Hall–Kier alpha value is -1.88. The average Bonchev–Trinajstić information content (AvgIpc) is 2.47. The third-order valence-corrected chi connectivity index (χ3v) is 3.72. The Morgan fingerprint density at radius 3 is 2.43 bits per heavy atom. The molecule has 21 heavy (non-hydrogen) atoms. The molecule has 0 saturated carbocycles. The maximum Gasteiger partial charge on any atom is 0.335 e. The first kappa shape index (κ1) is 15.5. The second-order valence-electron chi connectivity index (χ2n) is 5.59. The molecule has 1 amide bonds. The van der Waals surface area contributed by atoms with Crippen molar-refractivity contribution in [1.29, 1.82) is 0 Å². The standard InChI is InChI=1S/C16H21NO4/c1-10(2)14-12(4-3-5-13(14)16(19)20)15(18)17-11-6-8-21-9-7-11/h3-5,10-11H,6-9H2,1-2H3,(H,17,18)(H,19,20). The summed E-state index contributed by atoms with van der Waals surface area (Å²) in [6.45, 7) is 5.09. The molecule has 1 heterocycles. The number of benzene rings is 1. The summed E-state index contributed by atoms with van der Waals surface area (Å²) < 4.78 is 5.27. The van der Waals surface area contributed by atoms with Crippen LogP contribution in [0, 0.1) is 0 Å². The fourth-order valence-electron chi connectivity index (χ4n) is 2.68. The average molecular weight is 291 g/mol. The smallest absolute Gasteiger partial charge is 0.335 e. The second-order valence-corrected chi connectivity index (χ2v) is 5.59. The fourth-order valence-corrected chi connectivity index (χ4v) is 2.68. The van der Waals surface area contributed by atoms with Gasteiger partial charge in [-0.2, -0.15) is 0 Å². The number of carboxylic acids is 1. The minimum atomic E-state index is -1.00. The number of hydrogen-bond donors (Lipinski definition) is 2. The van der Waals surface area contributed by atoms with E-state index in [0.29, 0.717) is 24.3 Å². The van der Waals surface area contributed by atoms with Crippen molar-refractivity contribution in [1.82, 2.24) is 5.32 Å². The summed E-state index contributed by atoms with van der Waals surface area (Å²) in [6.07, 6.45) is 1.59. The highest BCUT2D eigenvalue weighted by Gasteiger charge is 2.23. The van der Waals surface area contributed by atoms with E-state index in [0.717, 1.165) is 12.8 Å². The third-order valence-electron chi connectivity index (χ3n) is 3.72. The van der Waals surface area contributed by atoms with Crippen molar-refractivity contribution in [2.75, 3.05) is 13.2 Å². The number of rotatable bonds is 4. The van der Waals surface area contributed by atoms with Crippen molar-refractivity contribution in [3.8, 4) is 0 Å². The molecular weight excluding hydrogens is 270 g/mol. The van der Waals surface area contributed by atoms with Gasteiger partial charge in [0.1, 0.15) is 0 Å². The maximum absolute atomic E-state index is 12.5. The van der Waals surface area contributed by atoms with E-state index in [2.05, 4.69) is 5.32 Å².